The summed E-state index contributed by atoms with van der Waals surface area (Å²) in [6.45, 7) is 3.12. The van der Waals surface area contributed by atoms with Gasteiger partial charge in [0, 0.05) is 12.1 Å². The van der Waals surface area contributed by atoms with Crippen molar-refractivity contribution in [3.05, 3.63) is 53.0 Å². The Kier molecular flexibility index (Phi) is 5.00. The van der Waals surface area contributed by atoms with Crippen LogP contribution in [0.5, 0.6) is 5.75 Å². The standard InChI is InChI=1S/C16H19NO4/c1-11-13(9-15(21-11)16(18)19)10-17-8-7-12-5-3-4-6-14(12)20-2/h3-6,9,17H,7-8,10H2,1-2H3,(H,18,19). The summed E-state index contributed by atoms with van der Waals surface area (Å²) in [6, 6.07) is 9.46. The lowest BCUT2D eigenvalue weighted by atomic mass is 10.1. The molecule has 112 valence electrons. The summed E-state index contributed by atoms with van der Waals surface area (Å²) in [7, 11) is 1.66. The lowest BCUT2D eigenvalue weighted by Gasteiger charge is -2.08. The second-order valence-electron chi connectivity index (χ2n) is 4.74. The van der Waals surface area contributed by atoms with Gasteiger partial charge in [-0.1, -0.05) is 18.2 Å². The Morgan fingerprint density at radius 1 is 1.33 bits per heavy atom. The quantitative estimate of drug-likeness (QED) is 0.767. The highest BCUT2D eigenvalue weighted by molar-refractivity contribution is 5.84. The molecule has 0 radical (unpaired) electrons. The highest BCUT2D eigenvalue weighted by Crippen LogP contribution is 2.18. The number of para-hydroxylation sites is 1. The van der Waals surface area contributed by atoms with Crippen LogP contribution in [-0.2, 0) is 13.0 Å². The predicted molar refractivity (Wildman–Crippen MR) is 78.8 cm³/mol. The number of furan rings is 1. The van der Waals surface area contributed by atoms with Gasteiger partial charge in [-0.15, -0.1) is 0 Å². The van der Waals surface area contributed by atoms with Gasteiger partial charge < -0.3 is 19.6 Å². The Bertz CT molecular complexity index is 618. The van der Waals surface area contributed by atoms with Gasteiger partial charge in [0.15, 0.2) is 0 Å². The fourth-order valence-corrected chi connectivity index (χ4v) is 2.16. The molecule has 0 fully saturated rings. The number of carboxylic acids is 1. The topological polar surface area (TPSA) is 71.7 Å². The number of methoxy groups -OCH3 is 1. The van der Waals surface area contributed by atoms with Crippen LogP contribution in [0.2, 0.25) is 0 Å². The lowest BCUT2D eigenvalue weighted by molar-refractivity contribution is 0.0661. The molecule has 0 saturated carbocycles. The number of aromatic carboxylic acids is 1. The Morgan fingerprint density at radius 2 is 2.10 bits per heavy atom. The van der Waals surface area contributed by atoms with Crippen molar-refractivity contribution in [1.29, 1.82) is 0 Å². The van der Waals surface area contributed by atoms with Crippen molar-refractivity contribution >= 4 is 5.97 Å². The average Bonchev–Trinajstić information content (AvgIpc) is 2.85. The summed E-state index contributed by atoms with van der Waals surface area (Å²) in [5.74, 6) is 0.455. The van der Waals surface area contributed by atoms with E-state index >= 15 is 0 Å². The van der Waals surface area contributed by atoms with Gasteiger partial charge in [0.1, 0.15) is 11.5 Å². The van der Waals surface area contributed by atoms with Crippen molar-refractivity contribution in [2.75, 3.05) is 13.7 Å². The molecule has 5 heteroatoms. The third-order valence-electron chi connectivity index (χ3n) is 3.31. The van der Waals surface area contributed by atoms with E-state index in [-0.39, 0.29) is 5.76 Å². The zero-order valence-electron chi connectivity index (χ0n) is 12.2. The number of hydrogen-bond acceptors (Lipinski definition) is 4. The summed E-state index contributed by atoms with van der Waals surface area (Å²) >= 11 is 0. The minimum atomic E-state index is -1.04. The maximum Gasteiger partial charge on any atom is 0.371 e. The van der Waals surface area contributed by atoms with E-state index < -0.39 is 5.97 Å². The first kappa shape index (κ1) is 15.1. The van der Waals surface area contributed by atoms with Crippen LogP contribution in [0, 0.1) is 6.92 Å². The summed E-state index contributed by atoms with van der Waals surface area (Å²) in [6.07, 6.45) is 0.840. The van der Waals surface area contributed by atoms with E-state index in [0.29, 0.717) is 12.3 Å². The molecule has 1 heterocycles. The number of nitrogens with one attached hydrogen (secondary N) is 1. The Labute approximate surface area is 123 Å². The van der Waals surface area contributed by atoms with Gasteiger partial charge in [0.25, 0.3) is 0 Å². The van der Waals surface area contributed by atoms with Gasteiger partial charge in [-0.3, -0.25) is 0 Å². The van der Waals surface area contributed by atoms with Crippen LogP contribution in [-0.4, -0.2) is 24.7 Å². The first-order valence-electron chi connectivity index (χ1n) is 6.77. The molecule has 2 rings (SSSR count). The molecule has 0 atom stereocenters. The number of rotatable bonds is 7. The molecule has 0 aliphatic heterocycles. The Morgan fingerprint density at radius 3 is 2.76 bits per heavy atom. The molecule has 0 spiro atoms. The normalized spacial score (nSPS) is 10.6. The van der Waals surface area contributed by atoms with Gasteiger partial charge in [-0.05, 0) is 37.6 Å². The summed E-state index contributed by atoms with van der Waals surface area (Å²) in [5, 5.41) is 12.2. The number of carboxylic acid groups (broad SMARTS) is 1. The van der Waals surface area contributed by atoms with Crippen LogP contribution in [0.25, 0.3) is 0 Å². The van der Waals surface area contributed by atoms with E-state index in [1.165, 1.54) is 0 Å². The first-order chi connectivity index (χ1) is 10.1. The third kappa shape index (κ3) is 3.86. The molecule has 0 bridgehead atoms. The van der Waals surface area contributed by atoms with Gasteiger partial charge >= 0.3 is 5.97 Å². The zero-order valence-corrected chi connectivity index (χ0v) is 12.2. The first-order valence-corrected chi connectivity index (χ1v) is 6.77. The molecule has 0 unspecified atom stereocenters. The van der Waals surface area contributed by atoms with E-state index in [1.54, 1.807) is 20.1 Å². The fraction of sp³-hybridized carbons (Fsp3) is 0.312. The Balaban J connectivity index is 1.86. The second-order valence-corrected chi connectivity index (χ2v) is 4.74. The van der Waals surface area contributed by atoms with Crippen LogP contribution < -0.4 is 10.1 Å². The average molecular weight is 289 g/mol. The molecular weight excluding hydrogens is 270 g/mol. The molecular formula is C16H19NO4. The van der Waals surface area contributed by atoms with Crippen LogP contribution in [0.1, 0.15) is 27.4 Å². The SMILES string of the molecule is COc1ccccc1CCNCc1cc(C(=O)O)oc1C. The lowest BCUT2D eigenvalue weighted by Crippen LogP contribution is -2.17. The molecule has 0 amide bonds. The number of carbonyl (C=O) groups is 1. The van der Waals surface area contributed by atoms with Crippen molar-refractivity contribution in [2.45, 2.75) is 19.9 Å². The van der Waals surface area contributed by atoms with Crippen LogP contribution in [0.15, 0.2) is 34.7 Å². The van der Waals surface area contributed by atoms with Crippen LogP contribution >= 0.6 is 0 Å². The number of ether oxygens (including phenoxy) is 1. The van der Waals surface area contributed by atoms with E-state index in [1.807, 2.05) is 24.3 Å². The monoisotopic (exact) mass is 289 g/mol. The molecule has 21 heavy (non-hydrogen) atoms. The van der Waals surface area contributed by atoms with E-state index in [9.17, 15) is 4.79 Å². The van der Waals surface area contributed by atoms with Crippen molar-refractivity contribution in [2.24, 2.45) is 0 Å². The molecule has 1 aromatic heterocycles. The van der Waals surface area contributed by atoms with Crippen molar-refractivity contribution < 1.29 is 19.1 Å². The molecule has 0 aliphatic rings. The van der Waals surface area contributed by atoms with E-state index in [0.717, 1.165) is 29.8 Å². The molecule has 1 aromatic carbocycles. The smallest absolute Gasteiger partial charge is 0.371 e. The van der Waals surface area contributed by atoms with Gasteiger partial charge in [-0.25, -0.2) is 4.79 Å². The van der Waals surface area contributed by atoms with Crippen LogP contribution in [0.4, 0.5) is 0 Å². The maximum absolute atomic E-state index is 10.8. The second kappa shape index (κ2) is 6.95. The van der Waals surface area contributed by atoms with Gasteiger partial charge in [-0.2, -0.15) is 0 Å². The molecule has 2 N–H and O–H groups in total. The molecule has 0 saturated heterocycles. The minimum absolute atomic E-state index is 0.0194. The van der Waals surface area contributed by atoms with Crippen molar-refractivity contribution in [3.63, 3.8) is 0 Å². The van der Waals surface area contributed by atoms with E-state index in [4.69, 9.17) is 14.3 Å². The summed E-state index contributed by atoms with van der Waals surface area (Å²) in [4.78, 5) is 10.8. The minimum Gasteiger partial charge on any atom is -0.496 e. The largest absolute Gasteiger partial charge is 0.496 e. The summed E-state index contributed by atoms with van der Waals surface area (Å²) < 4.78 is 10.5. The fourth-order valence-electron chi connectivity index (χ4n) is 2.16. The molecule has 0 aliphatic carbocycles. The van der Waals surface area contributed by atoms with Gasteiger partial charge in [0.05, 0.1) is 7.11 Å². The molecule has 2 aromatic rings. The number of aryl methyl sites for hydroxylation is 1. The molecule has 5 nitrogen and oxygen atoms in total. The highest BCUT2D eigenvalue weighted by atomic mass is 16.5. The maximum atomic E-state index is 10.8. The zero-order chi connectivity index (χ0) is 15.2. The Hall–Kier alpha value is -2.27. The van der Waals surface area contributed by atoms with Gasteiger partial charge in [0.2, 0.25) is 5.76 Å². The van der Waals surface area contributed by atoms with Crippen molar-refractivity contribution in [3.8, 4) is 5.75 Å². The number of benzene rings is 1. The highest BCUT2D eigenvalue weighted by Gasteiger charge is 2.12. The summed E-state index contributed by atoms with van der Waals surface area (Å²) in [5.41, 5.74) is 2.01. The van der Waals surface area contributed by atoms with Crippen molar-refractivity contribution in [1.82, 2.24) is 5.32 Å². The third-order valence-corrected chi connectivity index (χ3v) is 3.31. The van der Waals surface area contributed by atoms with Crippen LogP contribution in [0.3, 0.4) is 0 Å². The number of hydrogen-bond donors (Lipinski definition) is 2. The van der Waals surface area contributed by atoms with E-state index in [2.05, 4.69) is 5.32 Å². The predicted octanol–water partition coefficient (Wildman–Crippen LogP) is 2.63.